The Bertz CT molecular complexity index is 800. The van der Waals surface area contributed by atoms with Gasteiger partial charge in [0.15, 0.2) is 0 Å². The minimum atomic E-state index is -0.522. The SMILES string of the molecule is Cn1nccc1C(=O)N1C[C@@H](Oc2ccccc2)C[C@H]1C(=O)NC1CC1. The van der Waals surface area contributed by atoms with Gasteiger partial charge in [-0.2, -0.15) is 5.10 Å². The molecule has 1 N–H and O–H groups in total. The summed E-state index contributed by atoms with van der Waals surface area (Å²) in [5.41, 5.74) is 0.467. The first kappa shape index (κ1) is 16.6. The summed E-state index contributed by atoms with van der Waals surface area (Å²) in [7, 11) is 1.72. The Morgan fingerprint density at radius 2 is 1.96 bits per heavy atom. The molecule has 0 unspecified atom stereocenters. The summed E-state index contributed by atoms with van der Waals surface area (Å²) >= 11 is 0. The van der Waals surface area contributed by atoms with Gasteiger partial charge in [0.25, 0.3) is 5.91 Å². The molecule has 1 aromatic carbocycles. The number of nitrogens with one attached hydrogen (secondary N) is 1. The summed E-state index contributed by atoms with van der Waals surface area (Å²) in [6, 6.07) is 10.9. The molecule has 7 nitrogen and oxygen atoms in total. The fraction of sp³-hybridized carbons (Fsp3) is 0.421. The van der Waals surface area contributed by atoms with Crippen molar-refractivity contribution in [1.29, 1.82) is 0 Å². The molecule has 2 aromatic rings. The van der Waals surface area contributed by atoms with Crippen LogP contribution >= 0.6 is 0 Å². The summed E-state index contributed by atoms with van der Waals surface area (Å²) in [6.45, 7) is 0.377. The predicted molar refractivity (Wildman–Crippen MR) is 94.7 cm³/mol. The first-order chi connectivity index (χ1) is 12.6. The number of rotatable bonds is 5. The van der Waals surface area contributed by atoms with Crippen LogP contribution in [-0.2, 0) is 11.8 Å². The van der Waals surface area contributed by atoms with Gasteiger partial charge in [0.05, 0.1) is 6.54 Å². The van der Waals surface area contributed by atoms with E-state index in [0.29, 0.717) is 18.7 Å². The van der Waals surface area contributed by atoms with E-state index in [0.717, 1.165) is 18.6 Å². The van der Waals surface area contributed by atoms with E-state index in [2.05, 4.69) is 10.4 Å². The summed E-state index contributed by atoms with van der Waals surface area (Å²) in [5.74, 6) is 0.455. The van der Waals surface area contributed by atoms with Gasteiger partial charge in [-0.1, -0.05) is 18.2 Å². The summed E-state index contributed by atoms with van der Waals surface area (Å²) < 4.78 is 7.54. The number of aromatic nitrogens is 2. The number of para-hydroxylation sites is 1. The van der Waals surface area contributed by atoms with Gasteiger partial charge in [-0.3, -0.25) is 14.3 Å². The van der Waals surface area contributed by atoms with Gasteiger partial charge in [-0.15, -0.1) is 0 Å². The number of nitrogens with zero attached hydrogens (tertiary/aromatic N) is 3. The lowest BCUT2D eigenvalue weighted by molar-refractivity contribution is -0.125. The number of hydrogen-bond acceptors (Lipinski definition) is 4. The Balaban J connectivity index is 1.53. The summed E-state index contributed by atoms with van der Waals surface area (Å²) in [4.78, 5) is 27.3. The number of likely N-dealkylation sites (tertiary alicyclic amines) is 1. The number of benzene rings is 1. The highest BCUT2D eigenvalue weighted by molar-refractivity contribution is 5.97. The second kappa shape index (κ2) is 6.82. The lowest BCUT2D eigenvalue weighted by Crippen LogP contribution is -2.47. The number of carbonyl (C=O) groups excluding carboxylic acids is 2. The van der Waals surface area contributed by atoms with E-state index >= 15 is 0 Å². The molecule has 2 fully saturated rings. The molecule has 0 radical (unpaired) electrons. The second-order valence-corrected chi connectivity index (χ2v) is 6.88. The molecule has 2 aliphatic rings. The van der Waals surface area contributed by atoms with Gasteiger partial charge < -0.3 is 15.0 Å². The fourth-order valence-electron chi connectivity index (χ4n) is 3.30. The van der Waals surface area contributed by atoms with Crippen molar-refractivity contribution in [2.24, 2.45) is 7.05 Å². The van der Waals surface area contributed by atoms with Crippen LogP contribution in [0, 0.1) is 0 Å². The number of aryl methyl sites for hydroxylation is 1. The average Bonchev–Trinajstić information content (AvgIpc) is 3.18. The van der Waals surface area contributed by atoms with E-state index < -0.39 is 6.04 Å². The van der Waals surface area contributed by atoms with E-state index in [9.17, 15) is 9.59 Å². The van der Waals surface area contributed by atoms with Gasteiger partial charge in [0, 0.05) is 25.7 Å². The van der Waals surface area contributed by atoms with Crippen LogP contribution < -0.4 is 10.1 Å². The molecular weight excluding hydrogens is 332 g/mol. The third-order valence-electron chi connectivity index (χ3n) is 4.84. The molecular formula is C19H22N4O3. The van der Waals surface area contributed by atoms with Crippen molar-refractivity contribution < 1.29 is 14.3 Å². The van der Waals surface area contributed by atoms with Crippen LogP contribution in [-0.4, -0.2) is 51.2 Å². The normalized spacial score (nSPS) is 22.3. The highest BCUT2D eigenvalue weighted by Crippen LogP contribution is 2.26. The van der Waals surface area contributed by atoms with Crippen LogP contribution in [0.5, 0.6) is 5.75 Å². The third kappa shape index (κ3) is 3.42. The largest absolute Gasteiger partial charge is 0.488 e. The van der Waals surface area contributed by atoms with Crippen LogP contribution in [0.25, 0.3) is 0 Å². The molecule has 0 bridgehead atoms. The zero-order chi connectivity index (χ0) is 18.1. The lowest BCUT2D eigenvalue weighted by Gasteiger charge is -2.23. The molecule has 4 rings (SSSR count). The zero-order valence-corrected chi connectivity index (χ0v) is 14.7. The minimum Gasteiger partial charge on any atom is -0.488 e. The van der Waals surface area contributed by atoms with E-state index in [-0.39, 0.29) is 24.0 Å². The maximum atomic E-state index is 13.0. The molecule has 7 heteroatoms. The zero-order valence-electron chi connectivity index (χ0n) is 14.7. The molecule has 2 amide bonds. The first-order valence-electron chi connectivity index (χ1n) is 8.93. The van der Waals surface area contributed by atoms with Crippen molar-refractivity contribution in [2.45, 2.75) is 37.5 Å². The number of ether oxygens (including phenoxy) is 1. The molecule has 1 aromatic heterocycles. The Hall–Kier alpha value is -2.83. The summed E-state index contributed by atoms with van der Waals surface area (Å²) in [5, 5.41) is 7.08. The van der Waals surface area contributed by atoms with Gasteiger partial charge in [-0.25, -0.2) is 0 Å². The average molecular weight is 354 g/mol. The number of amides is 2. The van der Waals surface area contributed by atoms with Crippen LogP contribution in [0.1, 0.15) is 29.8 Å². The maximum Gasteiger partial charge on any atom is 0.272 e. The lowest BCUT2D eigenvalue weighted by atomic mass is 10.1. The van der Waals surface area contributed by atoms with Crippen molar-refractivity contribution in [1.82, 2.24) is 20.0 Å². The molecule has 2 atom stereocenters. The van der Waals surface area contributed by atoms with Crippen LogP contribution in [0.4, 0.5) is 0 Å². The van der Waals surface area contributed by atoms with E-state index in [1.54, 1.807) is 24.2 Å². The van der Waals surface area contributed by atoms with Gasteiger partial charge in [0.1, 0.15) is 23.6 Å². The standard InChI is InChI=1S/C19H22N4O3/c1-22-16(9-10-20-22)19(25)23-12-15(26-14-5-3-2-4-6-14)11-17(23)18(24)21-13-7-8-13/h2-6,9-10,13,15,17H,7-8,11-12H2,1H3,(H,21,24)/t15-,17-/m0/s1. The van der Waals surface area contributed by atoms with E-state index in [1.807, 2.05) is 30.3 Å². The monoisotopic (exact) mass is 354 g/mol. The van der Waals surface area contributed by atoms with Crippen molar-refractivity contribution in [2.75, 3.05) is 6.54 Å². The number of hydrogen-bond donors (Lipinski definition) is 1. The highest BCUT2D eigenvalue weighted by Gasteiger charge is 2.42. The minimum absolute atomic E-state index is 0.0952. The Morgan fingerprint density at radius 3 is 2.62 bits per heavy atom. The van der Waals surface area contributed by atoms with Crippen molar-refractivity contribution in [3.8, 4) is 5.75 Å². The molecule has 136 valence electrons. The number of carbonyl (C=O) groups is 2. The van der Waals surface area contributed by atoms with E-state index in [4.69, 9.17) is 4.74 Å². The molecule has 1 aliphatic heterocycles. The second-order valence-electron chi connectivity index (χ2n) is 6.88. The van der Waals surface area contributed by atoms with Gasteiger partial charge >= 0.3 is 0 Å². The van der Waals surface area contributed by atoms with Gasteiger partial charge in [0.2, 0.25) is 5.91 Å². The van der Waals surface area contributed by atoms with Crippen molar-refractivity contribution in [3.63, 3.8) is 0 Å². The van der Waals surface area contributed by atoms with Gasteiger partial charge in [-0.05, 0) is 31.0 Å². The molecule has 0 spiro atoms. The van der Waals surface area contributed by atoms with Crippen molar-refractivity contribution in [3.05, 3.63) is 48.3 Å². The first-order valence-corrected chi connectivity index (χ1v) is 8.93. The Morgan fingerprint density at radius 1 is 1.19 bits per heavy atom. The molecule has 1 saturated carbocycles. The molecule has 2 heterocycles. The topological polar surface area (TPSA) is 76.5 Å². The predicted octanol–water partition coefficient (Wildman–Crippen LogP) is 1.36. The van der Waals surface area contributed by atoms with E-state index in [1.165, 1.54) is 4.68 Å². The molecule has 1 saturated heterocycles. The van der Waals surface area contributed by atoms with Crippen LogP contribution in [0.15, 0.2) is 42.6 Å². The Kier molecular flexibility index (Phi) is 4.36. The van der Waals surface area contributed by atoms with Crippen molar-refractivity contribution >= 4 is 11.8 Å². The highest BCUT2D eigenvalue weighted by atomic mass is 16.5. The fourth-order valence-corrected chi connectivity index (χ4v) is 3.30. The third-order valence-corrected chi connectivity index (χ3v) is 4.84. The Labute approximate surface area is 151 Å². The summed E-state index contributed by atoms with van der Waals surface area (Å²) in [6.07, 6.45) is 3.87. The smallest absolute Gasteiger partial charge is 0.272 e. The maximum absolute atomic E-state index is 13.0. The quantitative estimate of drug-likeness (QED) is 0.880. The molecule has 1 aliphatic carbocycles. The molecule has 26 heavy (non-hydrogen) atoms. The van der Waals surface area contributed by atoms with Crippen LogP contribution in [0.3, 0.4) is 0 Å². The van der Waals surface area contributed by atoms with Crippen LogP contribution in [0.2, 0.25) is 0 Å².